The maximum Gasteiger partial charge on any atom is 0.409 e. The first-order valence-corrected chi connectivity index (χ1v) is 12.9. The van der Waals surface area contributed by atoms with E-state index in [0.717, 1.165) is 0 Å². The van der Waals surface area contributed by atoms with Crippen molar-refractivity contribution < 1.29 is 29.0 Å². The van der Waals surface area contributed by atoms with E-state index < -0.39 is 23.6 Å². The number of alkyl carbamates (subject to hydrolysis) is 1. The van der Waals surface area contributed by atoms with Crippen molar-refractivity contribution >= 4 is 18.2 Å². The SMILES string of the molecule is CC(C)(C)OC(=O)NCC(CC1CCN(C(=O)OCC2c3ccccc3-c3ccccc32)CC1)C(=O)O. The van der Waals surface area contributed by atoms with Crippen LogP contribution in [0.25, 0.3) is 11.1 Å². The number of amides is 2. The van der Waals surface area contributed by atoms with Gasteiger partial charge in [0.1, 0.15) is 12.2 Å². The summed E-state index contributed by atoms with van der Waals surface area (Å²) in [5, 5.41) is 12.2. The Kier molecular flexibility index (Phi) is 8.05. The number of aliphatic carboxylic acids is 1. The van der Waals surface area contributed by atoms with E-state index in [1.807, 2.05) is 24.3 Å². The number of rotatable bonds is 7. The minimum absolute atomic E-state index is 0.0108. The molecule has 1 fully saturated rings. The molecule has 1 heterocycles. The van der Waals surface area contributed by atoms with Crippen LogP contribution in [0.2, 0.25) is 0 Å². The first kappa shape index (κ1) is 26.5. The maximum absolute atomic E-state index is 12.9. The molecule has 2 amide bonds. The van der Waals surface area contributed by atoms with Crippen molar-refractivity contribution in [3.8, 4) is 11.1 Å². The zero-order valence-corrected chi connectivity index (χ0v) is 21.7. The van der Waals surface area contributed by atoms with E-state index in [9.17, 15) is 19.5 Å². The molecule has 2 N–H and O–H groups in total. The van der Waals surface area contributed by atoms with Crippen LogP contribution in [0.5, 0.6) is 0 Å². The number of carbonyl (C=O) groups is 3. The molecule has 1 aliphatic heterocycles. The van der Waals surface area contributed by atoms with Gasteiger partial charge in [-0.1, -0.05) is 48.5 Å². The van der Waals surface area contributed by atoms with E-state index in [4.69, 9.17) is 9.47 Å². The lowest BCUT2D eigenvalue weighted by Gasteiger charge is -2.32. The summed E-state index contributed by atoms with van der Waals surface area (Å²) in [6, 6.07) is 16.5. The van der Waals surface area contributed by atoms with Gasteiger partial charge in [-0.3, -0.25) is 4.79 Å². The standard InChI is InChI=1S/C29H36N2O6/c1-29(2,3)37-27(34)30-17-20(26(32)33)16-19-12-14-31(15-13-19)28(35)36-18-25-23-10-6-4-8-21(23)22-9-5-7-11-24(22)25/h4-11,19-20,25H,12-18H2,1-3H3,(H,30,34)(H,32,33). The Balaban J connectivity index is 1.25. The van der Waals surface area contributed by atoms with E-state index in [1.165, 1.54) is 22.3 Å². The molecule has 8 nitrogen and oxygen atoms in total. The van der Waals surface area contributed by atoms with E-state index in [-0.39, 0.29) is 31.1 Å². The topological polar surface area (TPSA) is 105 Å². The average Bonchev–Trinajstić information content (AvgIpc) is 3.18. The van der Waals surface area contributed by atoms with Gasteiger partial charge in [0.05, 0.1) is 5.92 Å². The number of nitrogens with zero attached hydrogens (tertiary/aromatic N) is 1. The lowest BCUT2D eigenvalue weighted by atomic mass is 9.87. The van der Waals surface area contributed by atoms with Crippen molar-refractivity contribution in [3.05, 3.63) is 59.7 Å². The summed E-state index contributed by atoms with van der Waals surface area (Å²) in [6.45, 7) is 6.60. The van der Waals surface area contributed by atoms with Crippen LogP contribution in [0.3, 0.4) is 0 Å². The molecular formula is C29H36N2O6. The Morgan fingerprint density at radius 2 is 1.57 bits per heavy atom. The highest BCUT2D eigenvalue weighted by atomic mass is 16.6. The molecule has 4 rings (SSSR count). The van der Waals surface area contributed by atoms with Crippen LogP contribution < -0.4 is 5.32 Å². The average molecular weight is 509 g/mol. The number of ether oxygens (including phenoxy) is 2. The normalized spacial score (nSPS) is 16.5. The molecule has 8 heteroatoms. The number of benzene rings is 2. The number of carboxylic acids is 1. The summed E-state index contributed by atoms with van der Waals surface area (Å²) in [7, 11) is 0. The van der Waals surface area contributed by atoms with Crippen molar-refractivity contribution in [2.24, 2.45) is 11.8 Å². The largest absolute Gasteiger partial charge is 0.481 e. The molecule has 2 aromatic carbocycles. The van der Waals surface area contributed by atoms with Crippen LogP contribution in [-0.2, 0) is 14.3 Å². The van der Waals surface area contributed by atoms with Crippen molar-refractivity contribution in [2.75, 3.05) is 26.2 Å². The molecule has 0 radical (unpaired) electrons. The smallest absolute Gasteiger partial charge is 0.409 e. The van der Waals surface area contributed by atoms with Gasteiger partial charge in [0.15, 0.2) is 0 Å². The Labute approximate surface area is 217 Å². The molecule has 0 bridgehead atoms. The van der Waals surface area contributed by atoms with Gasteiger partial charge in [-0.25, -0.2) is 9.59 Å². The number of carbonyl (C=O) groups excluding carboxylic acids is 2. The molecule has 37 heavy (non-hydrogen) atoms. The molecule has 0 aromatic heterocycles. The van der Waals surface area contributed by atoms with E-state index >= 15 is 0 Å². The monoisotopic (exact) mass is 508 g/mol. The van der Waals surface area contributed by atoms with E-state index in [2.05, 4.69) is 29.6 Å². The lowest BCUT2D eigenvalue weighted by molar-refractivity contribution is -0.142. The van der Waals surface area contributed by atoms with Gasteiger partial charge in [-0.15, -0.1) is 0 Å². The van der Waals surface area contributed by atoms with Gasteiger partial charge in [-0.05, 0) is 68.2 Å². The van der Waals surface area contributed by atoms with Crippen LogP contribution in [0.4, 0.5) is 9.59 Å². The Morgan fingerprint density at radius 3 is 2.11 bits per heavy atom. The summed E-state index contributed by atoms with van der Waals surface area (Å²) < 4.78 is 11.0. The second kappa shape index (κ2) is 11.2. The van der Waals surface area contributed by atoms with Gasteiger partial charge in [0, 0.05) is 25.6 Å². The summed E-state index contributed by atoms with van der Waals surface area (Å²) in [5.74, 6) is -1.49. The zero-order valence-electron chi connectivity index (χ0n) is 21.7. The van der Waals surface area contributed by atoms with Crippen LogP contribution in [-0.4, -0.2) is 60.0 Å². The van der Waals surface area contributed by atoms with E-state index in [0.29, 0.717) is 32.4 Å². The van der Waals surface area contributed by atoms with Crippen molar-refractivity contribution in [3.63, 3.8) is 0 Å². The summed E-state index contributed by atoms with van der Waals surface area (Å²) in [6.07, 6.45) is 0.871. The van der Waals surface area contributed by atoms with Crippen LogP contribution in [0.15, 0.2) is 48.5 Å². The second-order valence-corrected chi connectivity index (χ2v) is 10.9. The fourth-order valence-electron chi connectivity index (χ4n) is 5.23. The summed E-state index contributed by atoms with van der Waals surface area (Å²) in [5.41, 5.74) is 4.09. The van der Waals surface area contributed by atoms with Crippen molar-refractivity contribution in [1.82, 2.24) is 10.2 Å². The Bertz CT molecular complexity index is 1090. The Morgan fingerprint density at radius 1 is 1.00 bits per heavy atom. The molecule has 2 aliphatic rings. The minimum Gasteiger partial charge on any atom is -0.481 e. The van der Waals surface area contributed by atoms with Gasteiger partial charge >= 0.3 is 18.2 Å². The van der Waals surface area contributed by atoms with Crippen LogP contribution in [0.1, 0.15) is 57.1 Å². The predicted molar refractivity (Wildman–Crippen MR) is 139 cm³/mol. The first-order chi connectivity index (χ1) is 17.6. The van der Waals surface area contributed by atoms with Crippen LogP contribution >= 0.6 is 0 Å². The second-order valence-electron chi connectivity index (χ2n) is 10.9. The fourth-order valence-corrected chi connectivity index (χ4v) is 5.23. The number of hydrogen-bond acceptors (Lipinski definition) is 5. The van der Waals surface area contributed by atoms with Gasteiger partial charge in [0.2, 0.25) is 0 Å². The number of fused-ring (bicyclic) bond motifs is 3. The highest BCUT2D eigenvalue weighted by Gasteiger charge is 2.32. The molecule has 1 aliphatic carbocycles. The highest BCUT2D eigenvalue weighted by molar-refractivity contribution is 5.79. The molecule has 0 saturated carbocycles. The third-order valence-electron chi connectivity index (χ3n) is 7.07. The number of nitrogens with one attached hydrogen (secondary N) is 1. The maximum atomic E-state index is 12.9. The van der Waals surface area contributed by atoms with Gasteiger partial charge < -0.3 is 24.8 Å². The third kappa shape index (κ3) is 6.61. The van der Waals surface area contributed by atoms with Crippen molar-refractivity contribution in [2.45, 2.75) is 51.6 Å². The molecule has 1 unspecified atom stereocenters. The molecule has 1 atom stereocenters. The van der Waals surface area contributed by atoms with Crippen LogP contribution in [0, 0.1) is 11.8 Å². The number of hydrogen-bond donors (Lipinski definition) is 2. The first-order valence-electron chi connectivity index (χ1n) is 12.9. The molecule has 1 saturated heterocycles. The van der Waals surface area contributed by atoms with E-state index in [1.54, 1.807) is 25.7 Å². The molecular weight excluding hydrogens is 472 g/mol. The number of likely N-dealkylation sites (tertiary alicyclic amines) is 1. The predicted octanol–water partition coefficient (Wildman–Crippen LogP) is 5.26. The third-order valence-corrected chi connectivity index (χ3v) is 7.07. The lowest BCUT2D eigenvalue weighted by Crippen LogP contribution is -2.41. The highest BCUT2D eigenvalue weighted by Crippen LogP contribution is 2.44. The molecule has 0 spiro atoms. The Hall–Kier alpha value is -3.55. The zero-order chi connectivity index (χ0) is 26.6. The molecule has 2 aromatic rings. The van der Waals surface area contributed by atoms with Gasteiger partial charge in [0.25, 0.3) is 0 Å². The number of piperidine rings is 1. The van der Waals surface area contributed by atoms with Crippen molar-refractivity contribution in [1.29, 1.82) is 0 Å². The summed E-state index contributed by atoms with van der Waals surface area (Å²) >= 11 is 0. The summed E-state index contributed by atoms with van der Waals surface area (Å²) in [4.78, 5) is 38.2. The fraction of sp³-hybridized carbons (Fsp3) is 0.483. The minimum atomic E-state index is -0.949. The van der Waals surface area contributed by atoms with Gasteiger partial charge in [-0.2, -0.15) is 0 Å². The quantitative estimate of drug-likeness (QED) is 0.528. The number of carboxylic acid groups (broad SMARTS) is 1. The molecule has 198 valence electrons.